The molecule has 0 spiro atoms. The predicted octanol–water partition coefficient (Wildman–Crippen LogP) is 3.21. The van der Waals surface area contributed by atoms with Gasteiger partial charge in [-0.15, -0.1) is 0 Å². The molecule has 0 saturated carbocycles. The van der Waals surface area contributed by atoms with E-state index in [9.17, 15) is 5.11 Å². The van der Waals surface area contributed by atoms with Gasteiger partial charge in [0.1, 0.15) is 5.75 Å². The van der Waals surface area contributed by atoms with Crippen molar-refractivity contribution in [3.63, 3.8) is 0 Å². The van der Waals surface area contributed by atoms with Crippen molar-refractivity contribution in [1.29, 1.82) is 0 Å². The van der Waals surface area contributed by atoms with E-state index in [1.807, 2.05) is 26.0 Å². The Morgan fingerprint density at radius 1 is 1.38 bits per heavy atom. The lowest BCUT2D eigenvalue weighted by molar-refractivity contribution is 0.471. The van der Waals surface area contributed by atoms with Crippen molar-refractivity contribution in [2.75, 3.05) is 0 Å². The Morgan fingerprint density at radius 3 is 2.77 bits per heavy atom. The molecule has 0 heterocycles. The van der Waals surface area contributed by atoms with Crippen molar-refractivity contribution in [3.05, 3.63) is 41.5 Å². The zero-order chi connectivity index (χ0) is 9.68. The van der Waals surface area contributed by atoms with E-state index in [0.717, 1.165) is 18.4 Å². The predicted molar refractivity (Wildman–Crippen MR) is 56.0 cm³/mol. The van der Waals surface area contributed by atoms with E-state index in [1.54, 1.807) is 6.07 Å². The standard InChI is InChI=1S/C12H16O/c1-3-4-5-6-11-7-8-12(13)10(2)9-11/h3-4,7-9,13H,5-6H2,1-2H3/b4-3-. The zero-order valence-corrected chi connectivity index (χ0v) is 8.25. The lowest BCUT2D eigenvalue weighted by Crippen LogP contribution is -1.84. The number of benzene rings is 1. The molecule has 0 amide bonds. The van der Waals surface area contributed by atoms with Gasteiger partial charge >= 0.3 is 0 Å². The Morgan fingerprint density at radius 2 is 2.15 bits per heavy atom. The quantitative estimate of drug-likeness (QED) is 0.701. The molecular formula is C12H16O. The summed E-state index contributed by atoms with van der Waals surface area (Å²) in [4.78, 5) is 0. The minimum atomic E-state index is 0.384. The third-order valence-corrected chi connectivity index (χ3v) is 2.10. The number of phenols is 1. The first-order valence-corrected chi connectivity index (χ1v) is 4.63. The first-order chi connectivity index (χ1) is 6.24. The van der Waals surface area contributed by atoms with Crippen LogP contribution in [-0.4, -0.2) is 5.11 Å². The number of phenolic OH excluding ortho intramolecular Hbond substituents is 1. The van der Waals surface area contributed by atoms with Crippen molar-refractivity contribution < 1.29 is 5.11 Å². The number of aromatic hydroxyl groups is 1. The molecular weight excluding hydrogens is 160 g/mol. The maximum Gasteiger partial charge on any atom is 0.118 e. The molecule has 0 bridgehead atoms. The summed E-state index contributed by atoms with van der Waals surface area (Å²) >= 11 is 0. The average molecular weight is 176 g/mol. The first kappa shape index (κ1) is 9.85. The first-order valence-electron chi connectivity index (χ1n) is 4.63. The molecule has 0 aliphatic rings. The van der Waals surface area contributed by atoms with E-state index in [-0.39, 0.29) is 0 Å². The number of aryl methyl sites for hydroxylation is 2. The summed E-state index contributed by atoms with van der Waals surface area (Å²) < 4.78 is 0. The van der Waals surface area contributed by atoms with Crippen LogP contribution in [0.25, 0.3) is 0 Å². The van der Waals surface area contributed by atoms with Crippen LogP contribution in [0.4, 0.5) is 0 Å². The SMILES string of the molecule is C/C=C\CCc1ccc(O)c(C)c1. The molecule has 1 rings (SSSR count). The number of hydrogen-bond acceptors (Lipinski definition) is 1. The highest BCUT2D eigenvalue weighted by molar-refractivity contribution is 5.35. The van der Waals surface area contributed by atoms with E-state index in [2.05, 4.69) is 12.2 Å². The highest BCUT2D eigenvalue weighted by Gasteiger charge is 1.96. The highest BCUT2D eigenvalue weighted by Crippen LogP contribution is 2.17. The lowest BCUT2D eigenvalue weighted by Gasteiger charge is -2.02. The normalized spacial score (nSPS) is 10.9. The number of allylic oxidation sites excluding steroid dienone is 2. The molecule has 0 fully saturated rings. The van der Waals surface area contributed by atoms with Crippen molar-refractivity contribution >= 4 is 0 Å². The van der Waals surface area contributed by atoms with Gasteiger partial charge in [-0.2, -0.15) is 0 Å². The Kier molecular flexibility index (Phi) is 3.56. The van der Waals surface area contributed by atoms with Gasteiger partial charge in [0.05, 0.1) is 0 Å². The smallest absolute Gasteiger partial charge is 0.118 e. The second-order valence-corrected chi connectivity index (χ2v) is 3.23. The third kappa shape index (κ3) is 2.94. The molecule has 0 saturated heterocycles. The van der Waals surface area contributed by atoms with Crippen LogP contribution in [0, 0.1) is 6.92 Å². The summed E-state index contributed by atoms with van der Waals surface area (Å²) in [6.45, 7) is 3.95. The monoisotopic (exact) mass is 176 g/mol. The molecule has 1 aromatic carbocycles. The largest absolute Gasteiger partial charge is 0.508 e. The molecule has 1 nitrogen and oxygen atoms in total. The maximum atomic E-state index is 9.30. The van der Waals surface area contributed by atoms with Crippen LogP contribution in [0.1, 0.15) is 24.5 Å². The van der Waals surface area contributed by atoms with Gasteiger partial charge in [-0.05, 0) is 43.9 Å². The van der Waals surface area contributed by atoms with E-state index in [1.165, 1.54) is 5.56 Å². The van der Waals surface area contributed by atoms with Gasteiger partial charge in [-0.1, -0.05) is 24.3 Å². The van der Waals surface area contributed by atoms with Crippen molar-refractivity contribution in [2.45, 2.75) is 26.7 Å². The van der Waals surface area contributed by atoms with Crippen LogP contribution >= 0.6 is 0 Å². The fourth-order valence-corrected chi connectivity index (χ4v) is 1.29. The van der Waals surface area contributed by atoms with Gasteiger partial charge in [0.15, 0.2) is 0 Å². The zero-order valence-electron chi connectivity index (χ0n) is 8.25. The van der Waals surface area contributed by atoms with Gasteiger partial charge in [-0.3, -0.25) is 0 Å². The van der Waals surface area contributed by atoms with Gasteiger partial charge in [0.25, 0.3) is 0 Å². The molecule has 1 heteroatoms. The van der Waals surface area contributed by atoms with Gasteiger partial charge < -0.3 is 5.11 Å². The van der Waals surface area contributed by atoms with Gasteiger partial charge in [-0.25, -0.2) is 0 Å². The molecule has 0 atom stereocenters. The minimum Gasteiger partial charge on any atom is -0.508 e. The number of hydrogen-bond donors (Lipinski definition) is 1. The van der Waals surface area contributed by atoms with E-state index >= 15 is 0 Å². The second kappa shape index (κ2) is 4.70. The summed E-state index contributed by atoms with van der Waals surface area (Å²) in [5.41, 5.74) is 2.24. The molecule has 0 radical (unpaired) electrons. The molecule has 1 aromatic rings. The van der Waals surface area contributed by atoms with Crippen molar-refractivity contribution in [3.8, 4) is 5.75 Å². The van der Waals surface area contributed by atoms with E-state index < -0.39 is 0 Å². The molecule has 70 valence electrons. The summed E-state index contributed by atoms with van der Waals surface area (Å²) in [5, 5.41) is 9.30. The molecule has 13 heavy (non-hydrogen) atoms. The summed E-state index contributed by atoms with van der Waals surface area (Å²) in [6, 6.07) is 5.78. The molecule has 1 N–H and O–H groups in total. The van der Waals surface area contributed by atoms with Gasteiger partial charge in [0, 0.05) is 0 Å². The Hall–Kier alpha value is -1.24. The molecule has 0 aliphatic carbocycles. The van der Waals surface area contributed by atoms with E-state index in [4.69, 9.17) is 0 Å². The second-order valence-electron chi connectivity index (χ2n) is 3.23. The van der Waals surface area contributed by atoms with Crippen LogP contribution in [-0.2, 0) is 6.42 Å². The van der Waals surface area contributed by atoms with Crippen LogP contribution in [0.5, 0.6) is 5.75 Å². The fourth-order valence-electron chi connectivity index (χ4n) is 1.29. The highest BCUT2D eigenvalue weighted by atomic mass is 16.3. The van der Waals surface area contributed by atoms with Crippen LogP contribution in [0.15, 0.2) is 30.4 Å². The molecule has 0 aromatic heterocycles. The molecule has 0 aliphatic heterocycles. The minimum absolute atomic E-state index is 0.384. The Labute approximate surface area is 79.7 Å². The number of rotatable bonds is 3. The average Bonchev–Trinajstić information content (AvgIpc) is 2.12. The third-order valence-electron chi connectivity index (χ3n) is 2.10. The topological polar surface area (TPSA) is 20.2 Å². The fraction of sp³-hybridized carbons (Fsp3) is 0.333. The summed E-state index contributed by atoms with van der Waals surface area (Å²) in [7, 11) is 0. The van der Waals surface area contributed by atoms with Crippen molar-refractivity contribution in [1.82, 2.24) is 0 Å². The van der Waals surface area contributed by atoms with E-state index in [0.29, 0.717) is 5.75 Å². The lowest BCUT2D eigenvalue weighted by atomic mass is 10.1. The van der Waals surface area contributed by atoms with Crippen LogP contribution in [0.2, 0.25) is 0 Å². The van der Waals surface area contributed by atoms with Gasteiger partial charge in [0.2, 0.25) is 0 Å². The molecule has 0 unspecified atom stereocenters. The van der Waals surface area contributed by atoms with Crippen LogP contribution in [0.3, 0.4) is 0 Å². The van der Waals surface area contributed by atoms with Crippen molar-refractivity contribution in [2.24, 2.45) is 0 Å². The summed E-state index contributed by atoms with van der Waals surface area (Å²) in [6.07, 6.45) is 6.33. The Bertz CT molecular complexity index is 300. The maximum absolute atomic E-state index is 9.30. The van der Waals surface area contributed by atoms with Crippen LogP contribution < -0.4 is 0 Å². The Balaban J connectivity index is 2.63. The summed E-state index contributed by atoms with van der Waals surface area (Å²) in [5.74, 6) is 0.384.